The Labute approximate surface area is 163 Å². The molecule has 1 atom stereocenters. The van der Waals surface area contributed by atoms with E-state index in [0.29, 0.717) is 5.56 Å². The second-order valence-corrected chi connectivity index (χ2v) is 9.36. The van der Waals surface area contributed by atoms with Gasteiger partial charge in [0.15, 0.2) is 9.84 Å². The van der Waals surface area contributed by atoms with Crippen LogP contribution in [0.4, 0.5) is 0 Å². The average Bonchev–Trinajstić information content (AvgIpc) is 3.16. The van der Waals surface area contributed by atoms with Gasteiger partial charge in [0.1, 0.15) is 5.25 Å². The van der Waals surface area contributed by atoms with Crippen molar-refractivity contribution in [1.29, 1.82) is 0 Å². The predicted molar refractivity (Wildman–Crippen MR) is 106 cm³/mol. The van der Waals surface area contributed by atoms with E-state index in [-0.39, 0.29) is 23.8 Å². The summed E-state index contributed by atoms with van der Waals surface area (Å²) in [7, 11) is -3.68. The van der Waals surface area contributed by atoms with E-state index in [2.05, 4.69) is 10.3 Å². The molecule has 140 valence electrons. The van der Waals surface area contributed by atoms with Gasteiger partial charge in [0.05, 0.1) is 11.3 Å². The van der Waals surface area contributed by atoms with Gasteiger partial charge in [-0.2, -0.15) is 0 Å². The number of thiophene rings is 1. The summed E-state index contributed by atoms with van der Waals surface area (Å²) in [5, 5.41) is 3.77. The third kappa shape index (κ3) is 4.81. The highest BCUT2D eigenvalue weighted by atomic mass is 32.2. The largest absolute Gasteiger partial charge is 0.354 e. The number of nitrogens with zero attached hydrogens (tertiary/aromatic N) is 1. The molecule has 2 aromatic heterocycles. The van der Waals surface area contributed by atoms with Crippen LogP contribution in [-0.2, 0) is 21.1 Å². The van der Waals surface area contributed by atoms with Gasteiger partial charge in [0, 0.05) is 23.8 Å². The fourth-order valence-electron chi connectivity index (χ4n) is 2.71. The molecule has 3 rings (SSSR count). The van der Waals surface area contributed by atoms with Gasteiger partial charge in [-0.3, -0.25) is 9.78 Å². The quantitative estimate of drug-likeness (QED) is 0.660. The molecule has 0 saturated heterocycles. The monoisotopic (exact) mass is 400 g/mol. The van der Waals surface area contributed by atoms with Gasteiger partial charge >= 0.3 is 0 Å². The normalized spacial score (nSPS) is 12.5. The molecule has 0 radical (unpaired) electrons. The van der Waals surface area contributed by atoms with Crippen molar-refractivity contribution < 1.29 is 13.2 Å². The van der Waals surface area contributed by atoms with E-state index < -0.39 is 15.1 Å². The number of sulfone groups is 1. The van der Waals surface area contributed by atoms with Crippen LogP contribution in [-0.4, -0.2) is 25.9 Å². The minimum absolute atomic E-state index is 0.00783. The fourth-order valence-corrected chi connectivity index (χ4v) is 5.05. The zero-order chi connectivity index (χ0) is 19.3. The van der Waals surface area contributed by atoms with E-state index in [1.54, 1.807) is 42.6 Å². The first-order valence-electron chi connectivity index (χ1n) is 8.46. The molecule has 3 aromatic rings. The van der Waals surface area contributed by atoms with Crippen molar-refractivity contribution >= 4 is 27.1 Å². The lowest BCUT2D eigenvalue weighted by molar-refractivity contribution is -0.120. The van der Waals surface area contributed by atoms with Gasteiger partial charge in [-0.25, -0.2) is 8.42 Å². The lowest BCUT2D eigenvalue weighted by Crippen LogP contribution is -2.32. The van der Waals surface area contributed by atoms with E-state index >= 15 is 0 Å². The Morgan fingerprint density at radius 1 is 1.15 bits per heavy atom. The van der Waals surface area contributed by atoms with E-state index in [1.807, 2.05) is 24.4 Å². The summed E-state index contributed by atoms with van der Waals surface area (Å²) in [4.78, 5) is 17.4. The highest BCUT2D eigenvalue weighted by Gasteiger charge is 2.29. The van der Waals surface area contributed by atoms with E-state index in [4.69, 9.17) is 0 Å². The number of aromatic nitrogens is 1. The molecule has 0 bridgehead atoms. The highest BCUT2D eigenvalue weighted by molar-refractivity contribution is 7.91. The van der Waals surface area contributed by atoms with Crippen molar-refractivity contribution in [2.45, 2.75) is 23.5 Å². The van der Waals surface area contributed by atoms with Crippen LogP contribution < -0.4 is 5.32 Å². The summed E-state index contributed by atoms with van der Waals surface area (Å²) in [5.74, 6) is -0.203. The van der Waals surface area contributed by atoms with Crippen LogP contribution in [0.1, 0.15) is 21.3 Å². The first-order valence-corrected chi connectivity index (χ1v) is 10.9. The van der Waals surface area contributed by atoms with Crippen LogP contribution in [0, 0.1) is 6.92 Å². The van der Waals surface area contributed by atoms with E-state index in [1.165, 1.54) is 17.5 Å². The Bertz CT molecular complexity index is 983. The molecule has 0 fully saturated rings. The lowest BCUT2D eigenvalue weighted by Gasteiger charge is -2.19. The summed E-state index contributed by atoms with van der Waals surface area (Å²) >= 11 is 1.50. The molecule has 0 aliphatic rings. The molecule has 7 heteroatoms. The van der Waals surface area contributed by atoms with Crippen LogP contribution in [0.25, 0.3) is 0 Å². The van der Waals surface area contributed by atoms with Gasteiger partial charge in [0.2, 0.25) is 5.91 Å². The zero-order valence-corrected chi connectivity index (χ0v) is 16.5. The second kappa shape index (κ2) is 8.45. The SMILES string of the molecule is Cc1ccc(S(=O)(=O)[C@H](CNC(=O)Cc2cccs2)c2cccnc2)cc1. The number of carbonyl (C=O) groups excluding carboxylic acids is 1. The Morgan fingerprint density at radius 2 is 1.93 bits per heavy atom. The summed E-state index contributed by atoms with van der Waals surface area (Å²) in [6, 6.07) is 13.9. The van der Waals surface area contributed by atoms with Crippen LogP contribution >= 0.6 is 11.3 Å². The molecule has 1 N–H and O–H groups in total. The number of pyridine rings is 1. The van der Waals surface area contributed by atoms with Crippen molar-refractivity contribution in [3.05, 3.63) is 82.3 Å². The van der Waals surface area contributed by atoms with Crippen molar-refractivity contribution in [2.24, 2.45) is 0 Å². The maximum atomic E-state index is 13.2. The van der Waals surface area contributed by atoms with Crippen molar-refractivity contribution in [2.75, 3.05) is 6.54 Å². The summed E-state index contributed by atoms with van der Waals surface area (Å²) < 4.78 is 26.4. The minimum atomic E-state index is -3.68. The zero-order valence-electron chi connectivity index (χ0n) is 14.8. The average molecular weight is 401 g/mol. The van der Waals surface area contributed by atoms with Gasteiger partial charge in [-0.1, -0.05) is 29.8 Å². The van der Waals surface area contributed by atoms with Crippen molar-refractivity contribution in [3.8, 4) is 0 Å². The molecule has 0 aliphatic carbocycles. The van der Waals surface area contributed by atoms with Gasteiger partial charge < -0.3 is 5.32 Å². The number of amides is 1. The summed E-state index contributed by atoms with van der Waals surface area (Å²) in [5.41, 5.74) is 1.53. The molecule has 1 amide bonds. The molecule has 1 aromatic carbocycles. The third-order valence-electron chi connectivity index (χ3n) is 4.18. The molecular weight excluding hydrogens is 380 g/mol. The summed E-state index contributed by atoms with van der Waals surface area (Å²) in [6.07, 6.45) is 3.36. The smallest absolute Gasteiger partial charge is 0.225 e. The molecule has 0 saturated carbocycles. The van der Waals surface area contributed by atoms with Gasteiger partial charge in [-0.05, 0) is 42.1 Å². The van der Waals surface area contributed by atoms with Gasteiger partial charge in [-0.15, -0.1) is 11.3 Å². The number of carbonyl (C=O) groups is 1. The van der Waals surface area contributed by atoms with Crippen LogP contribution in [0.15, 0.2) is 71.2 Å². The van der Waals surface area contributed by atoms with E-state index in [9.17, 15) is 13.2 Å². The number of aryl methyl sites for hydroxylation is 1. The Kier molecular flexibility index (Phi) is 6.03. The number of rotatable bonds is 7. The Hall–Kier alpha value is -2.51. The maximum absolute atomic E-state index is 13.2. The maximum Gasteiger partial charge on any atom is 0.225 e. The Balaban J connectivity index is 1.83. The van der Waals surface area contributed by atoms with E-state index in [0.717, 1.165) is 10.4 Å². The molecule has 5 nitrogen and oxygen atoms in total. The summed E-state index contributed by atoms with van der Waals surface area (Å²) in [6.45, 7) is 1.89. The van der Waals surface area contributed by atoms with Crippen LogP contribution in [0.2, 0.25) is 0 Å². The Morgan fingerprint density at radius 3 is 2.56 bits per heavy atom. The van der Waals surface area contributed by atoms with Crippen molar-refractivity contribution in [3.63, 3.8) is 0 Å². The topological polar surface area (TPSA) is 76.1 Å². The highest BCUT2D eigenvalue weighted by Crippen LogP contribution is 2.28. The first kappa shape index (κ1) is 19.3. The number of hydrogen-bond donors (Lipinski definition) is 1. The minimum Gasteiger partial charge on any atom is -0.354 e. The lowest BCUT2D eigenvalue weighted by atomic mass is 10.2. The number of benzene rings is 1. The molecule has 0 spiro atoms. The first-order chi connectivity index (χ1) is 13.0. The van der Waals surface area contributed by atoms with Crippen LogP contribution in [0.3, 0.4) is 0 Å². The molecule has 0 aliphatic heterocycles. The number of hydrogen-bond acceptors (Lipinski definition) is 5. The molecular formula is C20H20N2O3S2. The molecule has 27 heavy (non-hydrogen) atoms. The predicted octanol–water partition coefficient (Wildman–Crippen LogP) is 3.33. The van der Waals surface area contributed by atoms with Crippen LogP contribution in [0.5, 0.6) is 0 Å². The number of nitrogens with one attached hydrogen (secondary N) is 1. The molecule has 2 heterocycles. The second-order valence-electron chi connectivity index (χ2n) is 6.19. The fraction of sp³-hybridized carbons (Fsp3) is 0.200. The van der Waals surface area contributed by atoms with Gasteiger partial charge in [0.25, 0.3) is 0 Å². The third-order valence-corrected chi connectivity index (χ3v) is 7.17. The molecule has 0 unspecified atom stereocenters. The van der Waals surface area contributed by atoms with Crippen molar-refractivity contribution in [1.82, 2.24) is 10.3 Å². The standard InChI is InChI=1S/C20H20N2O3S2/c1-15-6-8-18(9-7-15)27(24,25)19(16-4-2-10-21-13-16)14-22-20(23)12-17-5-3-11-26-17/h2-11,13,19H,12,14H2,1H3,(H,22,23)/t19-/m1/s1.